The third-order valence-corrected chi connectivity index (χ3v) is 1.57. The molecule has 5 heteroatoms. The van der Waals surface area contributed by atoms with Crippen molar-refractivity contribution < 1.29 is 22.6 Å². The van der Waals surface area contributed by atoms with Crippen molar-refractivity contribution in [3.63, 3.8) is 0 Å². The van der Waals surface area contributed by atoms with Gasteiger partial charge in [-0.2, -0.15) is 13.2 Å². The normalized spacial score (nSPS) is 13.6. The Morgan fingerprint density at radius 2 is 1.53 bits per heavy atom. The molecule has 0 aliphatic heterocycles. The second-order valence-corrected chi connectivity index (χ2v) is 4.63. The van der Waals surface area contributed by atoms with Gasteiger partial charge in [0.25, 0.3) is 0 Å². The van der Waals surface area contributed by atoms with Crippen LogP contribution in [0.1, 0.15) is 27.7 Å². The molecule has 2 nitrogen and oxygen atoms in total. The number of ether oxygens (including phenoxy) is 2. The van der Waals surface area contributed by atoms with Crippen molar-refractivity contribution in [1.29, 1.82) is 0 Å². The SMILES string of the molecule is CC(C)OCC(C)(C)COCC(F)(F)F. The van der Waals surface area contributed by atoms with E-state index in [4.69, 9.17) is 4.74 Å². The molecule has 0 aromatic carbocycles. The number of hydrogen-bond acceptors (Lipinski definition) is 2. The molecule has 0 atom stereocenters. The standard InChI is InChI=1S/C10H19F3O2/c1-8(2)15-6-9(3,4)5-14-7-10(11,12)13/h8H,5-7H2,1-4H3. The molecule has 0 N–H and O–H groups in total. The van der Waals surface area contributed by atoms with Crippen LogP contribution in [-0.2, 0) is 9.47 Å². The molecule has 0 amide bonds. The average Bonchev–Trinajstić information content (AvgIpc) is 1.98. The van der Waals surface area contributed by atoms with Gasteiger partial charge in [0.05, 0.1) is 19.3 Å². The summed E-state index contributed by atoms with van der Waals surface area (Å²) in [6, 6.07) is 0. The molecule has 92 valence electrons. The molecule has 0 spiro atoms. The first-order valence-electron chi connectivity index (χ1n) is 4.88. The molecule has 0 bridgehead atoms. The van der Waals surface area contributed by atoms with Crippen LogP contribution >= 0.6 is 0 Å². The van der Waals surface area contributed by atoms with E-state index in [0.29, 0.717) is 6.61 Å². The fourth-order valence-electron chi connectivity index (χ4n) is 0.877. The van der Waals surface area contributed by atoms with Gasteiger partial charge in [-0.05, 0) is 13.8 Å². The lowest BCUT2D eigenvalue weighted by atomic mass is 9.96. The van der Waals surface area contributed by atoms with Crippen LogP contribution in [0.2, 0.25) is 0 Å². The van der Waals surface area contributed by atoms with Gasteiger partial charge in [-0.25, -0.2) is 0 Å². The second kappa shape index (κ2) is 5.70. The Morgan fingerprint density at radius 3 is 1.93 bits per heavy atom. The number of hydrogen-bond donors (Lipinski definition) is 0. The molecule has 0 unspecified atom stereocenters. The monoisotopic (exact) mass is 228 g/mol. The van der Waals surface area contributed by atoms with E-state index in [0.717, 1.165) is 0 Å². The highest BCUT2D eigenvalue weighted by atomic mass is 19.4. The van der Waals surface area contributed by atoms with Crippen LogP contribution in [0.5, 0.6) is 0 Å². The topological polar surface area (TPSA) is 18.5 Å². The minimum atomic E-state index is -4.25. The lowest BCUT2D eigenvalue weighted by molar-refractivity contribution is -0.182. The maximum Gasteiger partial charge on any atom is 0.411 e. The Balaban J connectivity index is 3.74. The summed E-state index contributed by atoms with van der Waals surface area (Å²) in [4.78, 5) is 0. The van der Waals surface area contributed by atoms with Crippen molar-refractivity contribution in [3.8, 4) is 0 Å². The smallest absolute Gasteiger partial charge is 0.378 e. The predicted molar refractivity (Wildman–Crippen MR) is 51.7 cm³/mol. The largest absolute Gasteiger partial charge is 0.411 e. The minimum Gasteiger partial charge on any atom is -0.378 e. The molecule has 0 aliphatic rings. The molecular weight excluding hydrogens is 209 g/mol. The molecule has 0 saturated heterocycles. The van der Waals surface area contributed by atoms with Crippen molar-refractivity contribution in [2.45, 2.75) is 40.0 Å². The summed E-state index contributed by atoms with van der Waals surface area (Å²) in [7, 11) is 0. The van der Waals surface area contributed by atoms with Crippen molar-refractivity contribution in [1.82, 2.24) is 0 Å². The number of halogens is 3. The summed E-state index contributed by atoms with van der Waals surface area (Å²) >= 11 is 0. The maximum atomic E-state index is 11.8. The summed E-state index contributed by atoms with van der Waals surface area (Å²) in [6.07, 6.45) is -4.18. The molecule has 0 aliphatic carbocycles. The van der Waals surface area contributed by atoms with Crippen LogP contribution in [0.15, 0.2) is 0 Å². The Morgan fingerprint density at radius 1 is 1.00 bits per heavy atom. The first kappa shape index (κ1) is 14.7. The lowest BCUT2D eigenvalue weighted by Gasteiger charge is -2.25. The lowest BCUT2D eigenvalue weighted by Crippen LogP contribution is -2.29. The van der Waals surface area contributed by atoms with Gasteiger partial charge in [-0.15, -0.1) is 0 Å². The van der Waals surface area contributed by atoms with Crippen LogP contribution in [0.3, 0.4) is 0 Å². The molecule has 0 aromatic heterocycles. The summed E-state index contributed by atoms with van der Waals surface area (Å²) in [5, 5.41) is 0. The highest BCUT2D eigenvalue weighted by Gasteiger charge is 2.29. The Hall–Kier alpha value is -0.290. The average molecular weight is 228 g/mol. The molecule has 0 heterocycles. The van der Waals surface area contributed by atoms with Crippen molar-refractivity contribution in [2.75, 3.05) is 19.8 Å². The van der Waals surface area contributed by atoms with Crippen LogP contribution in [-0.4, -0.2) is 32.1 Å². The van der Waals surface area contributed by atoms with Gasteiger partial charge in [0.2, 0.25) is 0 Å². The van der Waals surface area contributed by atoms with E-state index < -0.39 is 18.2 Å². The van der Waals surface area contributed by atoms with Gasteiger partial charge in [0.1, 0.15) is 6.61 Å². The molecule has 0 rings (SSSR count). The zero-order valence-corrected chi connectivity index (χ0v) is 9.65. The first-order chi connectivity index (χ1) is 6.62. The highest BCUT2D eigenvalue weighted by Crippen LogP contribution is 2.20. The minimum absolute atomic E-state index is 0.0409. The first-order valence-corrected chi connectivity index (χ1v) is 4.88. The van der Waals surface area contributed by atoms with E-state index in [2.05, 4.69) is 4.74 Å². The Labute approximate surface area is 88.7 Å². The summed E-state index contributed by atoms with van der Waals surface area (Å²) in [6.45, 7) is 6.62. The molecular formula is C10H19F3O2. The molecule has 0 fully saturated rings. The van der Waals surface area contributed by atoms with Crippen molar-refractivity contribution in [3.05, 3.63) is 0 Å². The zero-order chi connectivity index (χ0) is 12.1. The predicted octanol–water partition coefficient (Wildman–Crippen LogP) is 3.02. The fourth-order valence-corrected chi connectivity index (χ4v) is 0.877. The molecule has 15 heavy (non-hydrogen) atoms. The Kier molecular flexibility index (Phi) is 5.59. The second-order valence-electron chi connectivity index (χ2n) is 4.63. The number of rotatable bonds is 6. The molecule has 0 saturated carbocycles. The highest BCUT2D eigenvalue weighted by molar-refractivity contribution is 4.67. The maximum absolute atomic E-state index is 11.8. The summed E-state index contributed by atoms with van der Waals surface area (Å²) in [5.74, 6) is 0. The van der Waals surface area contributed by atoms with Gasteiger partial charge in [0, 0.05) is 5.41 Å². The van der Waals surface area contributed by atoms with E-state index in [1.807, 2.05) is 27.7 Å². The van der Waals surface area contributed by atoms with E-state index in [9.17, 15) is 13.2 Å². The van der Waals surface area contributed by atoms with Crippen molar-refractivity contribution in [2.24, 2.45) is 5.41 Å². The molecule has 0 aromatic rings. The Bertz CT molecular complexity index is 176. The van der Waals surface area contributed by atoms with Crippen molar-refractivity contribution >= 4 is 0 Å². The van der Waals surface area contributed by atoms with Gasteiger partial charge in [-0.1, -0.05) is 13.8 Å². The van der Waals surface area contributed by atoms with Crippen LogP contribution in [0, 0.1) is 5.41 Å². The van der Waals surface area contributed by atoms with Crippen LogP contribution < -0.4 is 0 Å². The summed E-state index contributed by atoms with van der Waals surface area (Å²) < 4.78 is 45.3. The quantitative estimate of drug-likeness (QED) is 0.695. The van der Waals surface area contributed by atoms with E-state index in [-0.39, 0.29) is 12.7 Å². The fraction of sp³-hybridized carbons (Fsp3) is 1.00. The van der Waals surface area contributed by atoms with Gasteiger partial charge in [0.15, 0.2) is 0 Å². The number of alkyl halides is 3. The third-order valence-electron chi connectivity index (χ3n) is 1.57. The van der Waals surface area contributed by atoms with Gasteiger partial charge in [-0.3, -0.25) is 0 Å². The van der Waals surface area contributed by atoms with E-state index in [1.54, 1.807) is 0 Å². The van der Waals surface area contributed by atoms with Crippen LogP contribution in [0.4, 0.5) is 13.2 Å². The third kappa shape index (κ3) is 10.0. The van der Waals surface area contributed by atoms with E-state index in [1.165, 1.54) is 0 Å². The summed E-state index contributed by atoms with van der Waals surface area (Å²) in [5.41, 5.74) is -0.393. The van der Waals surface area contributed by atoms with Gasteiger partial charge >= 0.3 is 6.18 Å². The van der Waals surface area contributed by atoms with Crippen LogP contribution in [0.25, 0.3) is 0 Å². The zero-order valence-electron chi connectivity index (χ0n) is 9.65. The van der Waals surface area contributed by atoms with E-state index >= 15 is 0 Å². The van der Waals surface area contributed by atoms with Gasteiger partial charge < -0.3 is 9.47 Å². The molecule has 0 radical (unpaired) electrons.